The Hall–Kier alpha value is -2.02. The van der Waals surface area contributed by atoms with Gasteiger partial charge in [-0.3, -0.25) is 0 Å². The number of hydrogen-bond acceptors (Lipinski definition) is 5. The van der Waals surface area contributed by atoms with Crippen molar-refractivity contribution < 1.29 is 25.8 Å². The number of rotatable bonds is 5. The van der Waals surface area contributed by atoms with Crippen molar-refractivity contribution in [2.45, 2.75) is 29.0 Å². The van der Waals surface area contributed by atoms with Gasteiger partial charge in [-0.25, -0.2) is 4.18 Å². The average molecular weight is 401 g/mol. The van der Waals surface area contributed by atoms with Crippen molar-refractivity contribution in [3.05, 3.63) is 59.2 Å². The van der Waals surface area contributed by atoms with E-state index in [4.69, 9.17) is 5.26 Å². The molecule has 0 aliphatic carbocycles. The van der Waals surface area contributed by atoms with E-state index in [9.17, 15) is 21.6 Å². The maximum Gasteiger partial charge on any atom is 0.420 e. The van der Waals surface area contributed by atoms with E-state index in [0.717, 1.165) is 17.7 Å². The van der Waals surface area contributed by atoms with Crippen molar-refractivity contribution in [1.82, 2.24) is 0 Å². The molecule has 0 amide bonds. The molecule has 0 aliphatic rings. The third-order valence-corrected chi connectivity index (χ3v) is 5.57. The Morgan fingerprint density at radius 3 is 2.27 bits per heavy atom. The zero-order valence-electron chi connectivity index (χ0n) is 13.7. The lowest BCUT2D eigenvalue weighted by atomic mass is 10.1. The van der Waals surface area contributed by atoms with Gasteiger partial charge >= 0.3 is 6.18 Å². The Morgan fingerprint density at radius 1 is 1.15 bits per heavy atom. The molecule has 0 heterocycles. The van der Waals surface area contributed by atoms with Gasteiger partial charge in [0.2, 0.25) is 0 Å². The number of nitrogens with zero attached hydrogens (tertiary/aromatic N) is 1. The molecule has 0 saturated heterocycles. The highest BCUT2D eigenvalue weighted by Crippen LogP contribution is 2.39. The lowest BCUT2D eigenvalue weighted by Crippen LogP contribution is -2.26. The highest BCUT2D eigenvalue weighted by molar-refractivity contribution is 7.98. The van der Waals surface area contributed by atoms with Gasteiger partial charge in [0.15, 0.2) is 6.10 Å². The Morgan fingerprint density at radius 2 is 1.77 bits per heavy atom. The summed E-state index contributed by atoms with van der Waals surface area (Å²) in [5, 5.41) is 9.09. The Bertz CT molecular complexity index is 933. The van der Waals surface area contributed by atoms with Crippen molar-refractivity contribution >= 4 is 21.9 Å². The van der Waals surface area contributed by atoms with Crippen molar-refractivity contribution in [2.75, 3.05) is 6.26 Å². The summed E-state index contributed by atoms with van der Waals surface area (Å²) < 4.78 is 69.4. The summed E-state index contributed by atoms with van der Waals surface area (Å²) >= 11 is 1.20. The molecule has 0 aliphatic heterocycles. The van der Waals surface area contributed by atoms with Crippen molar-refractivity contribution in [3.8, 4) is 6.07 Å². The molecule has 0 aromatic heterocycles. The van der Waals surface area contributed by atoms with Crippen LogP contribution < -0.4 is 0 Å². The summed E-state index contributed by atoms with van der Waals surface area (Å²) in [6.07, 6.45) is -6.02. The molecule has 0 spiro atoms. The van der Waals surface area contributed by atoms with Crippen LogP contribution in [0.4, 0.5) is 13.2 Å². The largest absolute Gasteiger partial charge is 0.420 e. The highest BCUT2D eigenvalue weighted by Gasteiger charge is 2.45. The highest BCUT2D eigenvalue weighted by atomic mass is 32.2. The van der Waals surface area contributed by atoms with Crippen LogP contribution in [-0.2, 0) is 14.3 Å². The summed E-state index contributed by atoms with van der Waals surface area (Å²) in [5.41, 5.74) is 0.311. The predicted molar refractivity (Wildman–Crippen MR) is 91.2 cm³/mol. The van der Waals surface area contributed by atoms with Crippen molar-refractivity contribution in [3.63, 3.8) is 0 Å². The second-order valence-corrected chi connectivity index (χ2v) is 7.78. The van der Waals surface area contributed by atoms with Gasteiger partial charge in [0.05, 0.1) is 10.5 Å². The van der Waals surface area contributed by atoms with E-state index in [1.807, 2.05) is 0 Å². The molecule has 1 atom stereocenters. The van der Waals surface area contributed by atoms with Gasteiger partial charge in [0, 0.05) is 4.90 Å². The Balaban J connectivity index is 2.47. The first-order chi connectivity index (χ1) is 12.1. The fourth-order valence-electron chi connectivity index (χ4n) is 2.16. The SMILES string of the molecule is CSc1ccc(C(OS(=O)(=O)c2ccc(C)cc2)C(F)(F)F)cc1C#N. The molecule has 2 aromatic rings. The third kappa shape index (κ3) is 4.58. The molecule has 4 nitrogen and oxygen atoms in total. The van der Waals surface area contributed by atoms with Gasteiger partial charge in [0.25, 0.3) is 10.1 Å². The van der Waals surface area contributed by atoms with E-state index in [-0.39, 0.29) is 10.5 Å². The first-order valence-corrected chi connectivity index (χ1v) is 9.86. The first-order valence-electron chi connectivity index (χ1n) is 7.23. The van der Waals surface area contributed by atoms with Crippen LogP contribution >= 0.6 is 11.8 Å². The van der Waals surface area contributed by atoms with Crippen LogP contribution in [0.5, 0.6) is 0 Å². The lowest BCUT2D eigenvalue weighted by molar-refractivity contribution is -0.196. The minimum absolute atomic E-state index is 0.0144. The van der Waals surface area contributed by atoms with Crippen LogP contribution in [0.15, 0.2) is 52.3 Å². The molecule has 26 heavy (non-hydrogen) atoms. The van der Waals surface area contributed by atoms with Gasteiger partial charge < -0.3 is 0 Å². The normalized spacial score (nSPS) is 13.2. The van der Waals surface area contributed by atoms with Gasteiger partial charge in [-0.05, 0) is 43.0 Å². The number of halogens is 3. The molecular weight excluding hydrogens is 387 g/mol. The maximum atomic E-state index is 13.5. The van der Waals surface area contributed by atoms with Gasteiger partial charge in [-0.15, -0.1) is 11.8 Å². The van der Waals surface area contributed by atoms with E-state index in [1.54, 1.807) is 19.2 Å². The van der Waals surface area contributed by atoms with Crippen LogP contribution in [0.1, 0.15) is 22.8 Å². The molecular formula is C17H14F3NO3S2. The molecule has 1 unspecified atom stereocenters. The first kappa shape index (κ1) is 20.3. The molecule has 0 saturated carbocycles. The van der Waals surface area contributed by atoms with Crippen LogP contribution in [-0.4, -0.2) is 20.8 Å². The number of hydrogen-bond donors (Lipinski definition) is 0. The third-order valence-electron chi connectivity index (χ3n) is 3.48. The van der Waals surface area contributed by atoms with E-state index >= 15 is 0 Å². The molecule has 0 bridgehead atoms. The predicted octanol–water partition coefficient (Wildman–Crippen LogP) is 4.60. The summed E-state index contributed by atoms with van der Waals surface area (Å²) in [4.78, 5) is 0.108. The maximum absolute atomic E-state index is 13.5. The number of benzene rings is 2. The van der Waals surface area contributed by atoms with Crippen molar-refractivity contribution in [1.29, 1.82) is 5.26 Å². The number of aryl methyl sites for hydroxylation is 1. The summed E-state index contributed by atoms with van der Waals surface area (Å²) in [6.45, 7) is 1.71. The molecule has 2 rings (SSSR count). The molecule has 138 valence electrons. The minimum Gasteiger partial charge on any atom is -0.248 e. The van der Waals surface area contributed by atoms with E-state index in [1.165, 1.54) is 42.1 Å². The van der Waals surface area contributed by atoms with Gasteiger partial charge in [-0.2, -0.15) is 26.9 Å². The van der Waals surface area contributed by atoms with E-state index in [0.29, 0.717) is 4.90 Å². The number of thioether (sulfide) groups is 1. The summed E-state index contributed by atoms with van der Waals surface area (Å²) in [5.74, 6) is 0. The van der Waals surface area contributed by atoms with Gasteiger partial charge in [-0.1, -0.05) is 23.8 Å². The summed E-state index contributed by atoms with van der Waals surface area (Å²) in [6, 6.07) is 10.5. The van der Waals surface area contributed by atoms with Crippen LogP contribution in [0.25, 0.3) is 0 Å². The Kier molecular flexibility index (Phi) is 6.01. The van der Waals surface area contributed by atoms with Crippen molar-refractivity contribution in [2.24, 2.45) is 0 Å². The number of nitriles is 1. The zero-order valence-corrected chi connectivity index (χ0v) is 15.4. The fourth-order valence-corrected chi connectivity index (χ4v) is 3.75. The van der Waals surface area contributed by atoms with Gasteiger partial charge in [0.1, 0.15) is 6.07 Å². The fraction of sp³-hybridized carbons (Fsp3) is 0.235. The molecule has 0 fully saturated rings. The molecule has 2 aromatic carbocycles. The Labute approximate surface area is 153 Å². The second kappa shape index (κ2) is 7.70. The van der Waals surface area contributed by atoms with Crippen LogP contribution in [0.2, 0.25) is 0 Å². The minimum atomic E-state index is -4.98. The molecule has 0 N–H and O–H groups in total. The average Bonchev–Trinajstić information content (AvgIpc) is 2.58. The summed E-state index contributed by atoms with van der Waals surface area (Å²) in [7, 11) is -4.65. The molecule has 9 heteroatoms. The van der Waals surface area contributed by atoms with Crippen LogP contribution in [0, 0.1) is 18.3 Å². The van der Waals surface area contributed by atoms with Crippen LogP contribution in [0.3, 0.4) is 0 Å². The van der Waals surface area contributed by atoms with E-state index < -0.39 is 28.0 Å². The van der Waals surface area contributed by atoms with E-state index in [2.05, 4.69) is 4.18 Å². The second-order valence-electron chi connectivity index (χ2n) is 5.36. The topological polar surface area (TPSA) is 67.2 Å². The lowest BCUT2D eigenvalue weighted by Gasteiger charge is -2.21. The molecule has 0 radical (unpaired) electrons. The zero-order chi connectivity index (χ0) is 19.5. The monoisotopic (exact) mass is 401 g/mol. The smallest absolute Gasteiger partial charge is 0.248 e. The number of alkyl halides is 3. The standard InChI is InChI=1S/C17H14F3NO3S2/c1-11-3-6-14(7-4-11)26(22,23)24-16(17(18,19)20)12-5-8-15(25-2)13(9-12)10-21/h3-9,16H,1-2H3. The quantitative estimate of drug-likeness (QED) is 0.541.